The average Bonchev–Trinajstić information content (AvgIpc) is 3.50. The molecule has 2 aliphatic carbocycles. The van der Waals surface area contributed by atoms with Crippen LogP contribution in [0.15, 0.2) is 56.8 Å². The normalized spacial score (nSPS) is 31.7. The van der Waals surface area contributed by atoms with Gasteiger partial charge in [-0.05, 0) is 61.4 Å². The van der Waals surface area contributed by atoms with E-state index in [2.05, 4.69) is 26.2 Å². The van der Waals surface area contributed by atoms with Gasteiger partial charge in [0.25, 0.3) is 0 Å². The Morgan fingerprint density at radius 2 is 1.94 bits per heavy atom. The highest BCUT2D eigenvalue weighted by Gasteiger charge is 2.67. The van der Waals surface area contributed by atoms with E-state index in [4.69, 9.17) is 4.74 Å². The van der Waals surface area contributed by atoms with Gasteiger partial charge in [-0.1, -0.05) is 45.0 Å². The van der Waals surface area contributed by atoms with Gasteiger partial charge < -0.3 is 15.0 Å². The van der Waals surface area contributed by atoms with Crippen molar-refractivity contribution in [3.8, 4) is 5.75 Å². The maximum absolute atomic E-state index is 13.6. The molecule has 7 atom stereocenters. The number of aryl methyl sites for hydroxylation is 1. The summed E-state index contributed by atoms with van der Waals surface area (Å²) >= 11 is 6.52. The zero-order valence-electron chi connectivity index (χ0n) is 18.6. The number of aromatic amines is 1. The van der Waals surface area contributed by atoms with Gasteiger partial charge in [-0.3, -0.25) is 14.4 Å². The number of hydrogen-bond acceptors (Lipinski definition) is 6. The molecule has 2 bridgehead atoms. The molecule has 1 amide bonds. The minimum atomic E-state index is -0.496. The van der Waals surface area contributed by atoms with E-state index in [1.807, 2.05) is 49.4 Å². The number of halogens is 1. The van der Waals surface area contributed by atoms with Crippen LogP contribution in [0.1, 0.15) is 28.3 Å². The first kappa shape index (κ1) is 21.9. The van der Waals surface area contributed by atoms with Crippen molar-refractivity contribution >= 4 is 56.6 Å². The summed E-state index contributed by atoms with van der Waals surface area (Å²) in [5, 5.41) is 4.10. The number of anilines is 1. The lowest BCUT2D eigenvalue weighted by Crippen LogP contribution is -2.50. The van der Waals surface area contributed by atoms with E-state index in [9.17, 15) is 14.4 Å². The van der Waals surface area contributed by atoms with Gasteiger partial charge in [0.2, 0.25) is 5.91 Å². The van der Waals surface area contributed by atoms with Crippen LogP contribution in [0.5, 0.6) is 5.75 Å². The number of thiazole rings is 1. The van der Waals surface area contributed by atoms with Gasteiger partial charge in [0.1, 0.15) is 5.75 Å². The smallest absolute Gasteiger partial charge is 0.315 e. The minimum Gasteiger partial charge on any atom is -0.426 e. The zero-order chi connectivity index (χ0) is 24.0. The highest BCUT2D eigenvalue weighted by molar-refractivity contribution is 9.10. The van der Waals surface area contributed by atoms with Crippen molar-refractivity contribution in [3.63, 3.8) is 0 Å². The number of benzene rings is 2. The number of fused-ring (bicyclic) bond motifs is 6. The van der Waals surface area contributed by atoms with Gasteiger partial charge >= 0.3 is 10.8 Å². The van der Waals surface area contributed by atoms with Gasteiger partial charge in [0.15, 0.2) is 0 Å². The summed E-state index contributed by atoms with van der Waals surface area (Å²) < 4.78 is 6.91. The van der Waals surface area contributed by atoms with Gasteiger partial charge in [-0.25, -0.2) is 0 Å². The fourth-order valence-electron chi connectivity index (χ4n) is 6.86. The third kappa shape index (κ3) is 3.24. The van der Waals surface area contributed by atoms with E-state index < -0.39 is 11.8 Å². The number of hydrogen-bond donors (Lipinski definition) is 2. The van der Waals surface area contributed by atoms with Gasteiger partial charge in [-0.15, -0.1) is 11.8 Å². The molecule has 2 N–H and O–H groups in total. The second kappa shape index (κ2) is 7.82. The highest BCUT2D eigenvalue weighted by atomic mass is 79.9. The van der Waals surface area contributed by atoms with Crippen molar-refractivity contribution < 1.29 is 14.3 Å². The van der Waals surface area contributed by atoms with Crippen molar-refractivity contribution in [2.75, 3.05) is 5.32 Å². The van der Waals surface area contributed by atoms with Crippen molar-refractivity contribution in [2.45, 2.75) is 29.5 Å². The molecule has 3 aromatic rings. The summed E-state index contributed by atoms with van der Waals surface area (Å²) in [6, 6.07) is 13.4. The fourth-order valence-corrected chi connectivity index (χ4v) is 10.1. The number of ether oxygens (including phenoxy) is 1. The second-order valence-electron chi connectivity index (χ2n) is 9.92. The number of carbonyl (C=O) groups excluding carboxylic acids is 2. The number of nitrogens with one attached hydrogen (secondary N) is 2. The molecule has 9 heteroatoms. The van der Waals surface area contributed by atoms with Crippen LogP contribution in [-0.4, -0.2) is 22.1 Å². The summed E-state index contributed by atoms with van der Waals surface area (Å²) in [6.45, 7) is 2.00. The van der Waals surface area contributed by atoms with E-state index >= 15 is 0 Å². The number of aromatic nitrogens is 1. The number of rotatable bonds is 2. The molecule has 0 unspecified atom stereocenters. The molecule has 1 aromatic heterocycles. The van der Waals surface area contributed by atoms with Gasteiger partial charge in [0, 0.05) is 31.8 Å². The van der Waals surface area contributed by atoms with Crippen LogP contribution in [0.25, 0.3) is 0 Å². The Hall–Kier alpha value is -2.36. The number of amides is 1. The van der Waals surface area contributed by atoms with Crippen LogP contribution in [-0.2, 0) is 9.59 Å². The maximum atomic E-state index is 13.6. The zero-order valence-corrected chi connectivity index (χ0v) is 21.8. The monoisotopic (exact) mass is 568 g/mol. The molecular weight excluding hydrogens is 548 g/mol. The molecular formula is C26H21BrN2O4S2. The molecule has 0 saturated heterocycles. The Kier molecular flexibility index (Phi) is 4.89. The summed E-state index contributed by atoms with van der Waals surface area (Å²) in [7, 11) is 0. The number of carbonyl (C=O) groups is 2. The molecule has 2 aromatic carbocycles. The Labute approximate surface area is 218 Å². The Balaban J connectivity index is 1.35. The average molecular weight is 570 g/mol. The molecule has 7 rings (SSSR count). The lowest BCUT2D eigenvalue weighted by Gasteiger charge is -2.46. The van der Waals surface area contributed by atoms with Crippen LogP contribution in [0, 0.1) is 36.5 Å². The lowest BCUT2D eigenvalue weighted by molar-refractivity contribution is -0.147. The van der Waals surface area contributed by atoms with Gasteiger partial charge in [0.05, 0.1) is 16.9 Å². The van der Waals surface area contributed by atoms with Crippen LogP contribution in [0.2, 0.25) is 0 Å². The predicted molar refractivity (Wildman–Crippen MR) is 138 cm³/mol. The number of thioether (sulfide) groups is 1. The summed E-state index contributed by atoms with van der Waals surface area (Å²) in [5.74, 6) is -0.701. The predicted octanol–water partition coefficient (Wildman–Crippen LogP) is 5.17. The van der Waals surface area contributed by atoms with Crippen LogP contribution in [0.3, 0.4) is 0 Å². The first-order valence-corrected chi connectivity index (χ1v) is 14.2. The standard InChI is InChI=1S/C26H21BrN2O4S2/c1-10-2-5-12(6-3-10)28-23(30)19-15-9-14-18-17(22-24(34-21(15)18)29-26(32)35-22)13-8-11(27)4-7-16(13)33-25(31)20(14)19/h2-8,14-15,17-21H,9H2,1H3,(H,28,30)(H,29,32)/t14-,15-,17+,18+,19-,20+,21+/m1/s1. The molecule has 2 aliphatic heterocycles. The van der Waals surface area contributed by atoms with E-state index in [1.54, 1.807) is 11.8 Å². The van der Waals surface area contributed by atoms with E-state index in [0.717, 1.165) is 37.6 Å². The van der Waals surface area contributed by atoms with E-state index in [1.165, 1.54) is 11.3 Å². The Bertz CT molecular complexity index is 1450. The SMILES string of the molecule is Cc1ccc(NC(=O)[C@@H]2[C@H]3C[C@H]4[C@@H]2C(=O)Oc2ccc(Br)cc2[C@@H]2c5sc(=O)[nH]c5S[C@@H]3[C@H]24)cc1. The van der Waals surface area contributed by atoms with Crippen molar-refractivity contribution in [2.24, 2.45) is 29.6 Å². The molecule has 4 aliphatic rings. The van der Waals surface area contributed by atoms with Crippen molar-refractivity contribution in [3.05, 3.63) is 72.6 Å². The summed E-state index contributed by atoms with van der Waals surface area (Å²) in [6.07, 6.45) is 0.813. The lowest BCUT2D eigenvalue weighted by atomic mass is 9.66. The third-order valence-electron chi connectivity index (χ3n) is 8.12. The highest BCUT2D eigenvalue weighted by Crippen LogP contribution is 2.68. The Morgan fingerprint density at radius 1 is 1.14 bits per heavy atom. The molecule has 178 valence electrons. The van der Waals surface area contributed by atoms with Crippen LogP contribution < -0.4 is 14.9 Å². The molecule has 2 fully saturated rings. The molecule has 35 heavy (non-hydrogen) atoms. The quantitative estimate of drug-likeness (QED) is 0.329. The molecule has 6 nitrogen and oxygen atoms in total. The van der Waals surface area contributed by atoms with Crippen LogP contribution >= 0.6 is 39.0 Å². The first-order chi connectivity index (χ1) is 16.9. The topological polar surface area (TPSA) is 88.3 Å². The Morgan fingerprint density at radius 3 is 2.74 bits per heavy atom. The van der Waals surface area contributed by atoms with Crippen molar-refractivity contribution in [1.29, 1.82) is 0 Å². The summed E-state index contributed by atoms with van der Waals surface area (Å²) in [5.41, 5.74) is 2.78. The van der Waals surface area contributed by atoms with Gasteiger partial charge in [-0.2, -0.15) is 0 Å². The molecule has 3 heterocycles. The summed E-state index contributed by atoms with van der Waals surface area (Å²) in [4.78, 5) is 43.6. The van der Waals surface area contributed by atoms with Crippen molar-refractivity contribution in [1.82, 2.24) is 4.98 Å². The second-order valence-corrected chi connectivity index (χ2v) is 13.0. The van der Waals surface area contributed by atoms with E-state index in [0.29, 0.717) is 5.75 Å². The third-order valence-corrected chi connectivity index (χ3v) is 11.2. The largest absolute Gasteiger partial charge is 0.426 e. The maximum Gasteiger partial charge on any atom is 0.315 e. The number of H-pyrrole nitrogens is 1. The van der Waals surface area contributed by atoms with E-state index in [-0.39, 0.29) is 45.7 Å². The molecule has 0 radical (unpaired) electrons. The molecule has 0 spiro atoms. The molecule has 2 saturated carbocycles. The van der Waals surface area contributed by atoms with Crippen LogP contribution in [0.4, 0.5) is 5.69 Å². The minimum absolute atomic E-state index is 0.0289. The first-order valence-electron chi connectivity index (χ1n) is 11.7. The number of esters is 1. The fraction of sp³-hybridized carbons (Fsp3) is 0.346.